The molecule has 1 aromatic rings. The molecule has 3 N–H and O–H groups in total. The highest BCUT2D eigenvalue weighted by Gasteiger charge is 2.35. The number of thiocarbonyl (C=S) groups is 1. The minimum atomic E-state index is -4.56. The Balaban J connectivity index is 2.47. The second-order valence-electron chi connectivity index (χ2n) is 4.75. The van der Waals surface area contributed by atoms with E-state index in [1.54, 1.807) is 11.8 Å². The van der Waals surface area contributed by atoms with Gasteiger partial charge in [-0.15, -0.1) is 0 Å². The molecule has 1 amide bonds. The number of nitrogens with two attached hydrogens (primary N) is 1. The van der Waals surface area contributed by atoms with Gasteiger partial charge in [0.2, 0.25) is 5.91 Å². The van der Waals surface area contributed by atoms with Crippen molar-refractivity contribution in [3.63, 3.8) is 0 Å². The Hall–Kier alpha value is -1.83. The predicted octanol–water partition coefficient (Wildman–Crippen LogP) is 1.66. The molecule has 1 atom stereocenters. The van der Waals surface area contributed by atoms with Crippen LogP contribution in [0.3, 0.4) is 0 Å². The van der Waals surface area contributed by atoms with Crippen LogP contribution in [0.25, 0.3) is 0 Å². The third-order valence-electron chi connectivity index (χ3n) is 3.40. The monoisotopic (exact) mass is 317 g/mol. The lowest BCUT2D eigenvalue weighted by molar-refractivity contribution is -0.137. The van der Waals surface area contributed by atoms with Crippen molar-refractivity contribution >= 4 is 28.8 Å². The van der Waals surface area contributed by atoms with E-state index >= 15 is 0 Å². The first-order valence-electron chi connectivity index (χ1n) is 6.27. The maximum Gasteiger partial charge on any atom is 0.417 e. The maximum atomic E-state index is 13.1. The van der Waals surface area contributed by atoms with E-state index < -0.39 is 17.8 Å². The third-order valence-corrected chi connectivity index (χ3v) is 3.62. The molecule has 1 aliphatic heterocycles. The SMILES string of the molecule is CC1C(=O)NCCN1c1ccc(C(N)=S)c(C(F)(F)F)c1. The first kappa shape index (κ1) is 15.6. The van der Waals surface area contributed by atoms with Crippen LogP contribution in [0.5, 0.6) is 0 Å². The number of benzene rings is 1. The van der Waals surface area contributed by atoms with Gasteiger partial charge in [0, 0.05) is 24.3 Å². The lowest BCUT2D eigenvalue weighted by atomic mass is 10.0. The van der Waals surface area contributed by atoms with Gasteiger partial charge in [-0.3, -0.25) is 4.79 Å². The van der Waals surface area contributed by atoms with Crippen molar-refractivity contribution in [2.75, 3.05) is 18.0 Å². The van der Waals surface area contributed by atoms with E-state index in [1.807, 2.05) is 0 Å². The molecular formula is C13H14F3N3OS. The van der Waals surface area contributed by atoms with E-state index in [2.05, 4.69) is 17.5 Å². The summed E-state index contributed by atoms with van der Waals surface area (Å²) >= 11 is 4.66. The predicted molar refractivity (Wildman–Crippen MR) is 77.1 cm³/mol. The molecule has 114 valence electrons. The number of alkyl halides is 3. The number of nitrogens with one attached hydrogen (secondary N) is 1. The third kappa shape index (κ3) is 3.10. The van der Waals surface area contributed by atoms with Crippen LogP contribution in [0.4, 0.5) is 18.9 Å². The largest absolute Gasteiger partial charge is 0.417 e. The van der Waals surface area contributed by atoms with Crippen LogP contribution in [0.1, 0.15) is 18.1 Å². The van der Waals surface area contributed by atoms with Gasteiger partial charge >= 0.3 is 6.18 Å². The summed E-state index contributed by atoms with van der Waals surface area (Å²) in [4.78, 5) is 12.9. The quantitative estimate of drug-likeness (QED) is 0.815. The van der Waals surface area contributed by atoms with Gasteiger partial charge in [-0.25, -0.2) is 0 Å². The summed E-state index contributed by atoms with van der Waals surface area (Å²) in [5.41, 5.74) is 4.57. The minimum absolute atomic E-state index is 0.213. The van der Waals surface area contributed by atoms with Crippen molar-refractivity contribution in [1.82, 2.24) is 5.32 Å². The molecule has 1 fully saturated rings. The van der Waals surface area contributed by atoms with Gasteiger partial charge in [-0.1, -0.05) is 12.2 Å². The first-order chi connectivity index (χ1) is 9.71. The summed E-state index contributed by atoms with van der Waals surface area (Å²) in [6.45, 7) is 2.47. The Kier molecular flexibility index (Phi) is 4.08. The molecular weight excluding hydrogens is 303 g/mol. The van der Waals surface area contributed by atoms with Gasteiger partial charge in [0.25, 0.3) is 0 Å². The number of rotatable bonds is 2. The molecule has 0 aromatic heterocycles. The molecule has 21 heavy (non-hydrogen) atoms. The minimum Gasteiger partial charge on any atom is -0.389 e. The van der Waals surface area contributed by atoms with E-state index in [1.165, 1.54) is 12.1 Å². The number of carbonyl (C=O) groups excluding carboxylic acids is 1. The molecule has 1 heterocycles. The summed E-state index contributed by atoms with van der Waals surface area (Å²) in [6.07, 6.45) is -4.56. The number of nitrogens with zero attached hydrogens (tertiary/aromatic N) is 1. The number of carbonyl (C=O) groups is 1. The number of amides is 1. The molecule has 0 aliphatic carbocycles. The molecule has 4 nitrogen and oxygen atoms in total. The highest BCUT2D eigenvalue weighted by molar-refractivity contribution is 7.80. The second-order valence-corrected chi connectivity index (χ2v) is 5.19. The van der Waals surface area contributed by atoms with E-state index in [9.17, 15) is 18.0 Å². The number of piperazine rings is 1. The smallest absolute Gasteiger partial charge is 0.389 e. The molecule has 1 aromatic carbocycles. The van der Waals surface area contributed by atoms with Crippen molar-refractivity contribution in [3.8, 4) is 0 Å². The fourth-order valence-corrected chi connectivity index (χ4v) is 2.47. The molecule has 1 unspecified atom stereocenters. The summed E-state index contributed by atoms with van der Waals surface area (Å²) in [5, 5.41) is 2.66. The van der Waals surface area contributed by atoms with Gasteiger partial charge in [-0.2, -0.15) is 13.2 Å². The van der Waals surface area contributed by atoms with E-state index in [0.717, 1.165) is 6.07 Å². The average Bonchev–Trinajstić information content (AvgIpc) is 2.40. The second kappa shape index (κ2) is 5.51. The first-order valence-corrected chi connectivity index (χ1v) is 6.68. The number of hydrogen-bond acceptors (Lipinski definition) is 3. The van der Waals surface area contributed by atoms with Gasteiger partial charge < -0.3 is 16.0 Å². The van der Waals surface area contributed by atoms with Crippen LogP contribution in [-0.2, 0) is 11.0 Å². The zero-order valence-corrected chi connectivity index (χ0v) is 12.0. The molecule has 0 bridgehead atoms. The lowest BCUT2D eigenvalue weighted by Crippen LogP contribution is -2.54. The Labute approximate surface area is 125 Å². The van der Waals surface area contributed by atoms with Crippen LogP contribution in [0.15, 0.2) is 18.2 Å². The highest BCUT2D eigenvalue weighted by Crippen LogP contribution is 2.35. The average molecular weight is 317 g/mol. The summed E-state index contributed by atoms with van der Waals surface area (Å²) in [7, 11) is 0. The molecule has 8 heteroatoms. The normalized spacial score (nSPS) is 19.3. The number of anilines is 1. The Bertz CT molecular complexity index is 589. The standard InChI is InChI=1S/C13H14F3N3OS/c1-7-12(20)18-4-5-19(7)8-2-3-9(11(17)21)10(6-8)13(14,15)16/h2-3,6-7H,4-5H2,1H3,(H2,17,21)(H,18,20). The molecule has 0 saturated carbocycles. The lowest BCUT2D eigenvalue weighted by Gasteiger charge is -2.35. The molecule has 1 aliphatic rings. The van der Waals surface area contributed by atoms with Crippen molar-refractivity contribution in [1.29, 1.82) is 0 Å². The summed E-state index contributed by atoms with van der Waals surface area (Å²) in [5.74, 6) is -0.215. The van der Waals surface area contributed by atoms with Crippen molar-refractivity contribution in [2.24, 2.45) is 5.73 Å². The fourth-order valence-electron chi connectivity index (χ4n) is 2.30. The summed E-state index contributed by atoms with van der Waals surface area (Å²) < 4.78 is 39.4. The molecule has 2 rings (SSSR count). The zero-order chi connectivity index (χ0) is 15.8. The number of hydrogen-bond donors (Lipinski definition) is 2. The zero-order valence-electron chi connectivity index (χ0n) is 11.2. The van der Waals surface area contributed by atoms with Crippen LogP contribution in [0.2, 0.25) is 0 Å². The Morgan fingerprint density at radius 3 is 2.71 bits per heavy atom. The van der Waals surface area contributed by atoms with E-state index in [-0.39, 0.29) is 16.5 Å². The van der Waals surface area contributed by atoms with Crippen LogP contribution < -0.4 is 16.0 Å². The van der Waals surface area contributed by atoms with Gasteiger partial charge in [0.05, 0.1) is 5.56 Å². The highest BCUT2D eigenvalue weighted by atomic mass is 32.1. The molecule has 0 spiro atoms. The van der Waals surface area contributed by atoms with Crippen LogP contribution in [-0.4, -0.2) is 30.0 Å². The van der Waals surface area contributed by atoms with Crippen LogP contribution >= 0.6 is 12.2 Å². The molecule has 1 saturated heterocycles. The van der Waals surface area contributed by atoms with Crippen molar-refractivity contribution < 1.29 is 18.0 Å². The van der Waals surface area contributed by atoms with E-state index in [4.69, 9.17) is 5.73 Å². The van der Waals surface area contributed by atoms with E-state index in [0.29, 0.717) is 18.8 Å². The summed E-state index contributed by atoms with van der Waals surface area (Å²) in [6, 6.07) is 3.21. The Morgan fingerprint density at radius 2 is 2.14 bits per heavy atom. The van der Waals surface area contributed by atoms with Crippen molar-refractivity contribution in [2.45, 2.75) is 19.1 Å². The van der Waals surface area contributed by atoms with Gasteiger partial charge in [0.1, 0.15) is 11.0 Å². The number of halogens is 3. The Morgan fingerprint density at radius 1 is 1.48 bits per heavy atom. The van der Waals surface area contributed by atoms with Gasteiger partial charge in [-0.05, 0) is 25.1 Å². The van der Waals surface area contributed by atoms with Gasteiger partial charge in [0.15, 0.2) is 0 Å². The van der Waals surface area contributed by atoms with Crippen molar-refractivity contribution in [3.05, 3.63) is 29.3 Å². The fraction of sp³-hybridized carbons (Fsp3) is 0.385. The topological polar surface area (TPSA) is 58.4 Å². The molecule has 0 radical (unpaired) electrons. The maximum absolute atomic E-state index is 13.1. The van der Waals surface area contributed by atoms with Crippen LogP contribution in [0, 0.1) is 0 Å².